The van der Waals surface area contributed by atoms with Gasteiger partial charge < -0.3 is 9.47 Å². The van der Waals surface area contributed by atoms with Gasteiger partial charge in [0.05, 0.1) is 25.6 Å². The first-order valence-electron chi connectivity index (χ1n) is 10.1. The van der Waals surface area contributed by atoms with E-state index in [0.717, 1.165) is 23.4 Å². The normalized spacial score (nSPS) is 11.0. The van der Waals surface area contributed by atoms with Crippen LogP contribution in [0.2, 0.25) is 0 Å². The number of unbranched alkanes of at least 4 members (excludes halogenated alkanes) is 6. The van der Waals surface area contributed by atoms with Crippen molar-refractivity contribution < 1.29 is 13.9 Å². The Morgan fingerprint density at radius 1 is 0.929 bits per heavy atom. The number of halogens is 1. The van der Waals surface area contributed by atoms with Crippen LogP contribution in [0.1, 0.15) is 57.4 Å². The summed E-state index contributed by atoms with van der Waals surface area (Å²) in [4.78, 5) is 0. The Labute approximate surface area is 167 Å². The van der Waals surface area contributed by atoms with Crippen molar-refractivity contribution in [1.82, 2.24) is 0 Å². The van der Waals surface area contributed by atoms with Gasteiger partial charge in [-0.15, -0.1) is 0 Å². The zero-order chi connectivity index (χ0) is 20.0. The van der Waals surface area contributed by atoms with Gasteiger partial charge in [0.2, 0.25) is 0 Å². The molecule has 0 aliphatic rings. The van der Waals surface area contributed by atoms with Gasteiger partial charge in [-0.3, -0.25) is 5.43 Å². The van der Waals surface area contributed by atoms with Gasteiger partial charge in [-0.1, -0.05) is 45.4 Å². The van der Waals surface area contributed by atoms with E-state index < -0.39 is 0 Å². The van der Waals surface area contributed by atoms with Gasteiger partial charge in [-0.25, -0.2) is 4.39 Å². The monoisotopic (exact) mass is 386 g/mol. The molecule has 0 aliphatic heterocycles. The number of hydrazone groups is 1. The first kappa shape index (κ1) is 21.7. The van der Waals surface area contributed by atoms with Gasteiger partial charge in [0.15, 0.2) is 11.5 Å². The maximum Gasteiger partial charge on any atom is 0.161 e. The Balaban J connectivity index is 1.77. The van der Waals surface area contributed by atoms with Gasteiger partial charge in [0.1, 0.15) is 5.82 Å². The van der Waals surface area contributed by atoms with E-state index in [1.807, 2.05) is 18.2 Å². The summed E-state index contributed by atoms with van der Waals surface area (Å²) in [5, 5.41) is 4.17. The number of methoxy groups -OCH3 is 1. The van der Waals surface area contributed by atoms with Crippen LogP contribution in [0.3, 0.4) is 0 Å². The second-order valence-electron chi connectivity index (χ2n) is 6.76. The summed E-state index contributed by atoms with van der Waals surface area (Å²) in [7, 11) is 1.63. The SMILES string of the molecule is CCCCCCCCCOc1ccc(/C=N/Nc2ccc(F)cc2)cc1OC. The number of rotatable bonds is 13. The van der Waals surface area contributed by atoms with Crippen molar-refractivity contribution >= 4 is 11.9 Å². The third-order valence-electron chi connectivity index (χ3n) is 4.44. The molecule has 152 valence electrons. The van der Waals surface area contributed by atoms with Crippen molar-refractivity contribution in [2.24, 2.45) is 5.10 Å². The van der Waals surface area contributed by atoms with E-state index in [-0.39, 0.29) is 5.82 Å². The Kier molecular flexibility index (Phi) is 9.91. The van der Waals surface area contributed by atoms with Gasteiger partial charge >= 0.3 is 0 Å². The van der Waals surface area contributed by atoms with Crippen LogP contribution in [-0.2, 0) is 0 Å². The van der Waals surface area contributed by atoms with E-state index in [1.54, 1.807) is 25.5 Å². The van der Waals surface area contributed by atoms with Crippen LogP contribution in [-0.4, -0.2) is 19.9 Å². The Hall–Kier alpha value is -2.56. The van der Waals surface area contributed by atoms with E-state index in [2.05, 4.69) is 17.5 Å². The molecule has 2 aromatic carbocycles. The lowest BCUT2D eigenvalue weighted by molar-refractivity contribution is 0.284. The zero-order valence-electron chi connectivity index (χ0n) is 16.9. The number of benzene rings is 2. The smallest absolute Gasteiger partial charge is 0.161 e. The highest BCUT2D eigenvalue weighted by Gasteiger charge is 2.05. The summed E-state index contributed by atoms with van der Waals surface area (Å²) in [6, 6.07) is 11.8. The van der Waals surface area contributed by atoms with Crippen molar-refractivity contribution in [3.8, 4) is 11.5 Å². The Bertz CT molecular complexity index is 717. The molecule has 28 heavy (non-hydrogen) atoms. The van der Waals surface area contributed by atoms with E-state index in [4.69, 9.17) is 9.47 Å². The molecule has 2 aromatic rings. The van der Waals surface area contributed by atoms with Gasteiger partial charge in [0, 0.05) is 0 Å². The quantitative estimate of drug-likeness (QED) is 0.246. The molecule has 0 aromatic heterocycles. The van der Waals surface area contributed by atoms with Crippen molar-refractivity contribution in [2.45, 2.75) is 51.9 Å². The molecule has 0 bridgehead atoms. The number of hydrogen-bond donors (Lipinski definition) is 1. The van der Waals surface area contributed by atoms with E-state index in [0.29, 0.717) is 12.4 Å². The number of nitrogens with one attached hydrogen (secondary N) is 1. The van der Waals surface area contributed by atoms with Crippen LogP contribution in [0.15, 0.2) is 47.6 Å². The van der Waals surface area contributed by atoms with Crippen molar-refractivity contribution in [2.75, 3.05) is 19.1 Å². The zero-order valence-corrected chi connectivity index (χ0v) is 16.9. The van der Waals surface area contributed by atoms with E-state index >= 15 is 0 Å². The molecule has 0 heterocycles. The maximum absolute atomic E-state index is 12.9. The van der Waals surface area contributed by atoms with Crippen LogP contribution < -0.4 is 14.9 Å². The predicted octanol–water partition coefficient (Wildman–Crippen LogP) is 6.41. The molecular weight excluding hydrogens is 355 g/mol. The summed E-state index contributed by atoms with van der Waals surface area (Å²) in [6.07, 6.45) is 10.5. The molecule has 4 nitrogen and oxygen atoms in total. The summed E-state index contributed by atoms with van der Waals surface area (Å²) in [6.45, 7) is 2.93. The predicted molar refractivity (Wildman–Crippen MR) is 114 cm³/mol. The van der Waals surface area contributed by atoms with Crippen LogP contribution >= 0.6 is 0 Å². The van der Waals surface area contributed by atoms with Crippen molar-refractivity contribution in [3.05, 3.63) is 53.8 Å². The van der Waals surface area contributed by atoms with Crippen LogP contribution in [0.5, 0.6) is 11.5 Å². The molecule has 0 atom stereocenters. The van der Waals surface area contributed by atoms with E-state index in [1.165, 1.54) is 50.7 Å². The fourth-order valence-corrected chi connectivity index (χ4v) is 2.83. The molecule has 1 N–H and O–H groups in total. The largest absolute Gasteiger partial charge is 0.493 e. The summed E-state index contributed by atoms with van der Waals surface area (Å²) >= 11 is 0. The lowest BCUT2D eigenvalue weighted by Gasteiger charge is -2.11. The highest BCUT2D eigenvalue weighted by Crippen LogP contribution is 2.28. The molecular formula is C23H31FN2O2. The van der Waals surface area contributed by atoms with E-state index in [9.17, 15) is 4.39 Å². The molecule has 0 saturated carbocycles. The first-order valence-corrected chi connectivity index (χ1v) is 10.1. The lowest BCUT2D eigenvalue weighted by atomic mass is 10.1. The van der Waals surface area contributed by atoms with Gasteiger partial charge in [0.25, 0.3) is 0 Å². The second-order valence-corrected chi connectivity index (χ2v) is 6.76. The highest BCUT2D eigenvalue weighted by atomic mass is 19.1. The molecule has 0 amide bonds. The lowest BCUT2D eigenvalue weighted by Crippen LogP contribution is -2.00. The summed E-state index contributed by atoms with van der Waals surface area (Å²) < 4.78 is 24.2. The average molecular weight is 387 g/mol. The highest BCUT2D eigenvalue weighted by molar-refractivity contribution is 5.81. The molecule has 0 unspecified atom stereocenters. The third-order valence-corrected chi connectivity index (χ3v) is 4.44. The van der Waals surface area contributed by atoms with Crippen molar-refractivity contribution in [1.29, 1.82) is 0 Å². The fraction of sp³-hybridized carbons (Fsp3) is 0.435. The van der Waals surface area contributed by atoms with Crippen LogP contribution in [0, 0.1) is 5.82 Å². The van der Waals surface area contributed by atoms with Gasteiger partial charge in [-0.05, 0) is 54.4 Å². The molecule has 5 heteroatoms. The third kappa shape index (κ3) is 7.99. The Morgan fingerprint density at radius 3 is 2.36 bits per heavy atom. The molecule has 0 aliphatic carbocycles. The average Bonchev–Trinajstić information content (AvgIpc) is 2.72. The summed E-state index contributed by atoms with van der Waals surface area (Å²) in [5.41, 5.74) is 4.48. The van der Waals surface area contributed by atoms with Crippen LogP contribution in [0.4, 0.5) is 10.1 Å². The minimum absolute atomic E-state index is 0.272. The fourth-order valence-electron chi connectivity index (χ4n) is 2.83. The van der Waals surface area contributed by atoms with Crippen LogP contribution in [0.25, 0.3) is 0 Å². The van der Waals surface area contributed by atoms with Gasteiger partial charge in [-0.2, -0.15) is 5.10 Å². The first-order chi connectivity index (χ1) is 13.7. The number of nitrogens with zero attached hydrogens (tertiary/aromatic N) is 1. The number of hydrogen-bond acceptors (Lipinski definition) is 4. The Morgan fingerprint density at radius 2 is 1.64 bits per heavy atom. The maximum atomic E-state index is 12.9. The summed E-state index contributed by atoms with van der Waals surface area (Å²) in [5.74, 6) is 1.16. The molecule has 0 spiro atoms. The number of ether oxygens (including phenoxy) is 2. The topological polar surface area (TPSA) is 42.8 Å². The molecule has 0 saturated heterocycles. The molecule has 0 fully saturated rings. The molecule has 2 rings (SSSR count). The minimum atomic E-state index is -0.272. The minimum Gasteiger partial charge on any atom is -0.493 e. The van der Waals surface area contributed by atoms with Crippen molar-refractivity contribution in [3.63, 3.8) is 0 Å². The number of anilines is 1. The standard InChI is InChI=1S/C23H31FN2O2/c1-3-4-5-6-7-8-9-16-28-22-15-10-19(17-23(22)27-2)18-25-26-21-13-11-20(24)12-14-21/h10-15,17-18,26H,3-9,16H2,1-2H3/b25-18+. The molecule has 0 radical (unpaired) electrons. The second kappa shape index (κ2) is 12.8.